The third-order valence-electron chi connectivity index (χ3n) is 4.78. The Morgan fingerprint density at radius 3 is 1.75 bits per heavy atom. The van der Waals surface area contributed by atoms with E-state index in [2.05, 4.69) is 10.2 Å². The summed E-state index contributed by atoms with van der Waals surface area (Å²) in [6, 6.07) is 7.70. The van der Waals surface area contributed by atoms with Gasteiger partial charge in [0, 0.05) is 64.6 Å². The second kappa shape index (κ2) is 11.6. The van der Waals surface area contributed by atoms with Crippen molar-refractivity contribution in [1.82, 2.24) is 20.0 Å². The van der Waals surface area contributed by atoms with Crippen molar-refractivity contribution < 1.29 is 19.8 Å². The minimum atomic E-state index is -0.829. The summed E-state index contributed by atoms with van der Waals surface area (Å²) in [5.41, 5.74) is 7.60. The van der Waals surface area contributed by atoms with Crippen LogP contribution in [0.4, 0.5) is 5.69 Å². The van der Waals surface area contributed by atoms with Crippen molar-refractivity contribution in [3.8, 4) is 0 Å². The Hall–Kier alpha value is -2.20. The Bertz CT molecular complexity index is 595. The van der Waals surface area contributed by atoms with Crippen LogP contribution in [0, 0.1) is 0 Å². The summed E-state index contributed by atoms with van der Waals surface area (Å²) in [6.45, 7) is 6.06. The second-order valence-electron chi connectivity index (χ2n) is 7.11. The molecule has 1 fully saturated rings. The zero-order valence-corrected chi connectivity index (χ0v) is 16.2. The summed E-state index contributed by atoms with van der Waals surface area (Å²) in [6.07, 6.45) is 0. The number of anilines is 1. The van der Waals surface area contributed by atoms with Gasteiger partial charge in [-0.3, -0.25) is 24.3 Å². The van der Waals surface area contributed by atoms with Gasteiger partial charge in [-0.05, 0) is 17.7 Å². The second-order valence-corrected chi connectivity index (χ2v) is 7.11. The number of carbonyl (C=O) groups is 2. The molecular formula is C19H31N5O4. The number of carboxylic acids is 2. The highest BCUT2D eigenvalue weighted by Gasteiger charge is 2.16. The summed E-state index contributed by atoms with van der Waals surface area (Å²) in [7, 11) is 0. The molecule has 0 saturated carbocycles. The van der Waals surface area contributed by atoms with E-state index in [1.165, 1.54) is 0 Å². The standard InChI is InChI=1S/C19H31N5O4/c20-17-3-1-16(2-4-17)13-24-11-9-22(14-18(25)26)7-5-21-6-8-23(10-12-24)15-19(27)28/h1-4,21H,5-15,20H2,(H,25,26)(H,27,28). The van der Waals surface area contributed by atoms with Crippen LogP contribution < -0.4 is 11.1 Å². The topological polar surface area (TPSA) is 122 Å². The molecule has 0 bridgehead atoms. The lowest BCUT2D eigenvalue weighted by molar-refractivity contribution is -0.139. The van der Waals surface area contributed by atoms with Gasteiger partial charge in [-0.25, -0.2) is 0 Å². The summed E-state index contributed by atoms with van der Waals surface area (Å²) >= 11 is 0. The third-order valence-corrected chi connectivity index (χ3v) is 4.78. The summed E-state index contributed by atoms with van der Waals surface area (Å²) in [5, 5.41) is 21.6. The van der Waals surface area contributed by atoms with Crippen molar-refractivity contribution >= 4 is 17.6 Å². The first-order chi connectivity index (χ1) is 13.4. The van der Waals surface area contributed by atoms with Crippen molar-refractivity contribution in [2.24, 2.45) is 0 Å². The lowest BCUT2D eigenvalue weighted by Crippen LogP contribution is -2.46. The van der Waals surface area contributed by atoms with E-state index in [0.717, 1.165) is 5.56 Å². The highest BCUT2D eigenvalue weighted by atomic mass is 16.4. The molecule has 9 nitrogen and oxygen atoms in total. The summed E-state index contributed by atoms with van der Waals surface area (Å²) in [4.78, 5) is 28.4. The fourth-order valence-electron chi connectivity index (χ4n) is 3.24. The lowest BCUT2D eigenvalue weighted by atomic mass is 10.2. The van der Waals surface area contributed by atoms with E-state index in [4.69, 9.17) is 15.9 Å². The Morgan fingerprint density at radius 2 is 1.29 bits per heavy atom. The SMILES string of the molecule is Nc1ccc(CN2CCN(CC(=O)O)CCNCCN(CC(=O)O)CC2)cc1. The largest absolute Gasteiger partial charge is 0.480 e. The maximum absolute atomic E-state index is 11.1. The van der Waals surface area contributed by atoms with Crippen LogP contribution in [0.3, 0.4) is 0 Å². The van der Waals surface area contributed by atoms with Crippen molar-refractivity contribution in [2.45, 2.75) is 6.54 Å². The Labute approximate surface area is 165 Å². The molecule has 1 aliphatic rings. The number of nitrogens with one attached hydrogen (secondary N) is 1. The molecule has 1 aliphatic heterocycles. The predicted octanol–water partition coefficient (Wildman–Crippen LogP) is -0.553. The minimum absolute atomic E-state index is 0.0164. The molecule has 28 heavy (non-hydrogen) atoms. The number of nitrogens with zero attached hydrogens (tertiary/aromatic N) is 3. The smallest absolute Gasteiger partial charge is 0.317 e. The average Bonchev–Trinajstić information content (AvgIpc) is 2.62. The van der Waals surface area contributed by atoms with E-state index in [1.807, 2.05) is 34.1 Å². The molecule has 1 heterocycles. The Balaban J connectivity index is 2.05. The number of benzene rings is 1. The van der Waals surface area contributed by atoms with Gasteiger partial charge in [0.25, 0.3) is 0 Å². The van der Waals surface area contributed by atoms with E-state index >= 15 is 0 Å². The minimum Gasteiger partial charge on any atom is -0.480 e. The molecule has 156 valence electrons. The molecule has 0 aliphatic carbocycles. The molecular weight excluding hydrogens is 362 g/mol. The number of carboxylic acid groups (broad SMARTS) is 2. The van der Waals surface area contributed by atoms with Crippen LogP contribution >= 0.6 is 0 Å². The van der Waals surface area contributed by atoms with Crippen LogP contribution in [0.2, 0.25) is 0 Å². The maximum Gasteiger partial charge on any atom is 0.317 e. The number of nitrogen functional groups attached to an aromatic ring is 1. The highest BCUT2D eigenvalue weighted by molar-refractivity contribution is 5.69. The van der Waals surface area contributed by atoms with Gasteiger partial charge in [-0.2, -0.15) is 0 Å². The molecule has 2 rings (SSSR count). The third kappa shape index (κ3) is 8.66. The van der Waals surface area contributed by atoms with Gasteiger partial charge in [0.15, 0.2) is 0 Å². The van der Waals surface area contributed by atoms with E-state index < -0.39 is 11.9 Å². The number of hydrogen-bond acceptors (Lipinski definition) is 7. The molecule has 0 aromatic heterocycles. The van der Waals surface area contributed by atoms with Gasteiger partial charge in [0.2, 0.25) is 0 Å². The number of hydrogen-bond donors (Lipinski definition) is 4. The molecule has 9 heteroatoms. The predicted molar refractivity (Wildman–Crippen MR) is 107 cm³/mol. The Morgan fingerprint density at radius 1 is 0.821 bits per heavy atom. The maximum atomic E-state index is 11.1. The van der Waals surface area contributed by atoms with Crippen molar-refractivity contribution in [3.63, 3.8) is 0 Å². The van der Waals surface area contributed by atoms with Crippen LogP contribution in [-0.4, -0.2) is 102 Å². The zero-order valence-electron chi connectivity index (χ0n) is 16.2. The first kappa shape index (κ1) is 22.1. The number of rotatable bonds is 6. The van der Waals surface area contributed by atoms with Crippen LogP contribution in [0.5, 0.6) is 0 Å². The van der Waals surface area contributed by atoms with Gasteiger partial charge in [-0.15, -0.1) is 0 Å². The van der Waals surface area contributed by atoms with Gasteiger partial charge in [0.1, 0.15) is 0 Å². The van der Waals surface area contributed by atoms with Crippen molar-refractivity contribution in [3.05, 3.63) is 29.8 Å². The molecule has 0 unspecified atom stereocenters. The van der Waals surface area contributed by atoms with Crippen LogP contribution in [0.1, 0.15) is 5.56 Å². The quantitative estimate of drug-likeness (QED) is 0.471. The first-order valence-electron chi connectivity index (χ1n) is 9.58. The summed E-state index contributed by atoms with van der Waals surface area (Å²) in [5.74, 6) is -1.66. The molecule has 0 spiro atoms. The Kier molecular flexibility index (Phi) is 9.15. The molecule has 1 aromatic carbocycles. The summed E-state index contributed by atoms with van der Waals surface area (Å²) < 4.78 is 0. The molecule has 1 aromatic rings. The van der Waals surface area contributed by atoms with Gasteiger partial charge >= 0.3 is 11.9 Å². The molecule has 0 radical (unpaired) electrons. The molecule has 5 N–H and O–H groups in total. The van der Waals surface area contributed by atoms with Crippen molar-refractivity contribution in [1.29, 1.82) is 0 Å². The fraction of sp³-hybridized carbons (Fsp3) is 0.579. The lowest BCUT2D eigenvalue weighted by Gasteiger charge is -2.30. The van der Waals surface area contributed by atoms with Gasteiger partial charge in [-0.1, -0.05) is 12.1 Å². The van der Waals surface area contributed by atoms with E-state index in [0.29, 0.717) is 64.6 Å². The number of aliphatic carboxylic acids is 2. The molecule has 0 atom stereocenters. The van der Waals surface area contributed by atoms with Gasteiger partial charge in [0.05, 0.1) is 13.1 Å². The van der Waals surface area contributed by atoms with Crippen molar-refractivity contribution in [2.75, 3.05) is 71.2 Å². The van der Waals surface area contributed by atoms with E-state index in [9.17, 15) is 9.59 Å². The van der Waals surface area contributed by atoms with E-state index in [-0.39, 0.29) is 13.1 Å². The van der Waals surface area contributed by atoms with Crippen LogP contribution in [-0.2, 0) is 16.1 Å². The van der Waals surface area contributed by atoms with Gasteiger partial charge < -0.3 is 21.3 Å². The number of nitrogens with two attached hydrogens (primary N) is 1. The van der Waals surface area contributed by atoms with Crippen LogP contribution in [0.15, 0.2) is 24.3 Å². The first-order valence-corrected chi connectivity index (χ1v) is 9.58. The molecule has 0 amide bonds. The van der Waals surface area contributed by atoms with Crippen LogP contribution in [0.25, 0.3) is 0 Å². The molecule has 1 saturated heterocycles. The monoisotopic (exact) mass is 393 g/mol. The fourth-order valence-corrected chi connectivity index (χ4v) is 3.24. The average molecular weight is 393 g/mol. The zero-order chi connectivity index (χ0) is 20.4. The normalized spacial score (nSPS) is 18.9. The van der Waals surface area contributed by atoms with E-state index in [1.54, 1.807) is 0 Å². The highest BCUT2D eigenvalue weighted by Crippen LogP contribution is 2.09.